The molecule has 2 rings (SSSR count). The molecule has 0 aliphatic heterocycles. The second-order valence-electron chi connectivity index (χ2n) is 4.97. The van der Waals surface area contributed by atoms with Crippen LogP contribution in [-0.4, -0.2) is 18.2 Å². The molecular formula is C17H17O4P. The maximum atomic E-state index is 13.0. The van der Waals surface area contributed by atoms with Gasteiger partial charge in [-0.2, -0.15) is 0 Å². The molecule has 114 valence electrons. The third-order valence-electron chi connectivity index (χ3n) is 3.54. The first kappa shape index (κ1) is 16.3. The number of rotatable bonds is 5. The molecule has 0 fully saturated rings. The van der Waals surface area contributed by atoms with Crippen molar-refractivity contribution < 1.29 is 18.7 Å². The lowest BCUT2D eigenvalue weighted by Crippen LogP contribution is -2.14. The average Bonchev–Trinajstić information content (AvgIpc) is 2.53. The minimum atomic E-state index is -4.16. The molecule has 0 amide bonds. The molecule has 0 saturated heterocycles. The van der Waals surface area contributed by atoms with Crippen LogP contribution in [0, 0.1) is 13.8 Å². The van der Waals surface area contributed by atoms with E-state index in [9.17, 15) is 14.2 Å². The first-order valence-corrected chi connectivity index (χ1v) is 8.41. The molecule has 22 heavy (non-hydrogen) atoms. The van der Waals surface area contributed by atoms with E-state index in [2.05, 4.69) is 0 Å². The normalized spacial score (nSPS) is 11.2. The lowest BCUT2D eigenvalue weighted by atomic mass is 10.1. The van der Waals surface area contributed by atoms with Gasteiger partial charge in [0.1, 0.15) is 0 Å². The van der Waals surface area contributed by atoms with Gasteiger partial charge < -0.3 is 4.52 Å². The minimum Gasteiger partial charge on any atom is -0.321 e. The Morgan fingerprint density at radius 3 is 1.50 bits per heavy atom. The van der Waals surface area contributed by atoms with Crippen molar-refractivity contribution >= 4 is 18.4 Å². The van der Waals surface area contributed by atoms with Crippen LogP contribution >= 0.6 is 7.37 Å². The fourth-order valence-corrected chi connectivity index (χ4v) is 3.85. The molecule has 0 aromatic heterocycles. The highest BCUT2D eigenvalue weighted by Crippen LogP contribution is 2.52. The van der Waals surface area contributed by atoms with Gasteiger partial charge in [-0.1, -0.05) is 48.5 Å². The highest BCUT2D eigenvalue weighted by Gasteiger charge is 2.42. The fourth-order valence-electron chi connectivity index (χ4n) is 2.20. The van der Waals surface area contributed by atoms with Gasteiger partial charge in [-0.25, -0.2) is 0 Å². The molecule has 0 aliphatic carbocycles. The zero-order valence-corrected chi connectivity index (χ0v) is 13.6. The van der Waals surface area contributed by atoms with Gasteiger partial charge in [-0.05, 0) is 25.0 Å². The maximum absolute atomic E-state index is 13.0. The van der Waals surface area contributed by atoms with Crippen LogP contribution in [0.4, 0.5) is 0 Å². The number of aryl methyl sites for hydroxylation is 2. The molecule has 0 bridgehead atoms. The van der Waals surface area contributed by atoms with Gasteiger partial charge in [0.25, 0.3) is 11.0 Å². The lowest BCUT2D eigenvalue weighted by molar-refractivity contribution is 0.100. The molecule has 2 aromatic rings. The number of carbonyl (C=O) groups excluding carboxylic acids is 2. The van der Waals surface area contributed by atoms with Crippen molar-refractivity contribution in [3.8, 4) is 0 Å². The smallest absolute Gasteiger partial charge is 0.321 e. The highest BCUT2D eigenvalue weighted by molar-refractivity contribution is 7.91. The van der Waals surface area contributed by atoms with Gasteiger partial charge in [0.05, 0.1) is 0 Å². The summed E-state index contributed by atoms with van der Waals surface area (Å²) in [5.41, 5.74) is 0.275. The van der Waals surface area contributed by atoms with Crippen molar-refractivity contribution in [2.75, 3.05) is 7.11 Å². The molecular weight excluding hydrogens is 299 g/mol. The van der Waals surface area contributed by atoms with Crippen LogP contribution in [0.5, 0.6) is 0 Å². The summed E-state index contributed by atoms with van der Waals surface area (Å²) < 4.78 is 17.9. The third kappa shape index (κ3) is 2.80. The standard InChI is InChI=1S/C17H17O4P/c1-12-8-4-6-10-14(12)16(18)22(20,21-3)17(19)15-11-7-5-9-13(15)2/h4-11H,1-3H3. The van der Waals surface area contributed by atoms with Crippen molar-refractivity contribution in [3.63, 3.8) is 0 Å². The molecule has 4 nitrogen and oxygen atoms in total. The van der Waals surface area contributed by atoms with E-state index in [-0.39, 0.29) is 11.1 Å². The Balaban J connectivity index is 2.52. The van der Waals surface area contributed by atoms with E-state index in [0.717, 1.165) is 7.11 Å². The summed E-state index contributed by atoms with van der Waals surface area (Å²) in [6, 6.07) is 13.4. The van der Waals surface area contributed by atoms with E-state index in [1.807, 2.05) is 0 Å². The van der Waals surface area contributed by atoms with Gasteiger partial charge in [0, 0.05) is 18.2 Å². The van der Waals surface area contributed by atoms with Crippen molar-refractivity contribution in [1.29, 1.82) is 0 Å². The first-order valence-electron chi connectivity index (χ1n) is 6.78. The molecule has 0 heterocycles. The predicted molar refractivity (Wildman–Crippen MR) is 85.6 cm³/mol. The molecule has 0 spiro atoms. The lowest BCUT2D eigenvalue weighted by Gasteiger charge is -2.16. The maximum Gasteiger partial charge on any atom is 0.339 e. The molecule has 5 heteroatoms. The van der Waals surface area contributed by atoms with E-state index in [1.165, 1.54) is 0 Å². The molecule has 0 saturated carbocycles. The highest BCUT2D eigenvalue weighted by atomic mass is 31.2. The van der Waals surface area contributed by atoms with Crippen LogP contribution in [-0.2, 0) is 9.09 Å². The predicted octanol–water partition coefficient (Wildman–Crippen LogP) is 4.21. The Bertz CT molecular complexity index is 718. The molecule has 0 radical (unpaired) electrons. The van der Waals surface area contributed by atoms with Crippen molar-refractivity contribution in [2.24, 2.45) is 0 Å². The van der Waals surface area contributed by atoms with Crippen molar-refractivity contribution in [2.45, 2.75) is 13.8 Å². The number of hydrogen-bond donors (Lipinski definition) is 0. The molecule has 0 N–H and O–H groups in total. The molecule has 0 aliphatic rings. The minimum absolute atomic E-state index is 0.245. The van der Waals surface area contributed by atoms with Gasteiger partial charge in [0.15, 0.2) is 0 Å². The zero-order valence-electron chi connectivity index (χ0n) is 12.7. The Kier molecular flexibility index (Phi) is 4.74. The summed E-state index contributed by atoms with van der Waals surface area (Å²) in [6.45, 7) is 3.46. The molecule has 0 atom stereocenters. The van der Waals surface area contributed by atoms with E-state index >= 15 is 0 Å². The Morgan fingerprint density at radius 2 is 1.18 bits per heavy atom. The van der Waals surface area contributed by atoms with Gasteiger partial charge in [-0.3, -0.25) is 14.2 Å². The summed E-state index contributed by atoms with van der Waals surface area (Å²) in [7, 11) is -3.03. The summed E-state index contributed by atoms with van der Waals surface area (Å²) in [5, 5.41) is 0. The van der Waals surface area contributed by atoms with E-state index in [0.29, 0.717) is 11.1 Å². The molecule has 0 unspecified atom stereocenters. The van der Waals surface area contributed by atoms with Crippen LogP contribution in [0.2, 0.25) is 0 Å². The van der Waals surface area contributed by atoms with E-state index < -0.39 is 18.4 Å². The second kappa shape index (κ2) is 6.39. The largest absolute Gasteiger partial charge is 0.339 e. The second-order valence-corrected chi connectivity index (χ2v) is 7.25. The summed E-state index contributed by atoms with van der Waals surface area (Å²) in [6.07, 6.45) is 0. The van der Waals surface area contributed by atoms with Gasteiger partial charge in [0.2, 0.25) is 0 Å². The zero-order chi connectivity index (χ0) is 16.3. The summed E-state index contributed by atoms with van der Waals surface area (Å²) in [5.74, 6) is 0. The number of benzene rings is 2. The van der Waals surface area contributed by atoms with E-state index in [1.54, 1.807) is 62.4 Å². The van der Waals surface area contributed by atoms with Gasteiger partial charge in [-0.15, -0.1) is 0 Å². The van der Waals surface area contributed by atoms with Gasteiger partial charge >= 0.3 is 7.37 Å². The quantitative estimate of drug-likeness (QED) is 0.775. The Hall–Kier alpha value is -2.03. The summed E-state index contributed by atoms with van der Waals surface area (Å²) in [4.78, 5) is 25.3. The van der Waals surface area contributed by atoms with Crippen molar-refractivity contribution in [3.05, 3.63) is 70.8 Å². The van der Waals surface area contributed by atoms with E-state index in [4.69, 9.17) is 4.52 Å². The first-order chi connectivity index (χ1) is 10.4. The van der Waals surface area contributed by atoms with Crippen LogP contribution < -0.4 is 0 Å². The van der Waals surface area contributed by atoms with Crippen molar-refractivity contribution in [1.82, 2.24) is 0 Å². The van der Waals surface area contributed by atoms with Crippen LogP contribution in [0.25, 0.3) is 0 Å². The Morgan fingerprint density at radius 1 is 0.818 bits per heavy atom. The topological polar surface area (TPSA) is 60.4 Å². The monoisotopic (exact) mass is 316 g/mol. The SMILES string of the molecule is COP(=O)(C(=O)c1ccccc1C)C(=O)c1ccccc1C. The van der Waals surface area contributed by atoms with Crippen LogP contribution in [0.3, 0.4) is 0 Å². The average molecular weight is 316 g/mol. The molecule has 2 aromatic carbocycles. The van der Waals surface area contributed by atoms with Crippen LogP contribution in [0.15, 0.2) is 48.5 Å². The summed E-state index contributed by atoms with van der Waals surface area (Å²) >= 11 is 0. The number of hydrogen-bond acceptors (Lipinski definition) is 4. The Labute approximate surface area is 129 Å². The number of carbonyl (C=O) groups is 2. The fraction of sp³-hybridized carbons (Fsp3) is 0.176. The third-order valence-corrected chi connectivity index (χ3v) is 5.61. The van der Waals surface area contributed by atoms with Crippen LogP contribution in [0.1, 0.15) is 31.8 Å².